The fourth-order valence-electron chi connectivity index (χ4n) is 2.08. The summed E-state index contributed by atoms with van der Waals surface area (Å²) in [6, 6.07) is -0.218. The summed E-state index contributed by atoms with van der Waals surface area (Å²) < 4.78 is 0.141. The highest BCUT2D eigenvalue weighted by molar-refractivity contribution is 8.00. The number of thioether (sulfide) groups is 1. The second kappa shape index (κ2) is 6.50. The first kappa shape index (κ1) is 16.1. The third kappa shape index (κ3) is 6.18. The molecule has 0 bridgehead atoms. The lowest BCUT2D eigenvalue weighted by molar-refractivity contribution is -0.137. The van der Waals surface area contributed by atoms with Crippen molar-refractivity contribution in [2.24, 2.45) is 0 Å². The van der Waals surface area contributed by atoms with E-state index in [1.807, 2.05) is 25.6 Å². The number of carboxylic acids is 1. The number of nitrogens with one attached hydrogen (secondary N) is 2. The molecule has 110 valence electrons. The second-order valence-electron chi connectivity index (χ2n) is 5.99. The summed E-state index contributed by atoms with van der Waals surface area (Å²) in [5.41, 5.74) is -0.508. The molecule has 3 N–H and O–H groups in total. The molecule has 0 aromatic rings. The van der Waals surface area contributed by atoms with E-state index in [-0.39, 0.29) is 17.2 Å². The van der Waals surface area contributed by atoms with Gasteiger partial charge >= 0.3 is 12.0 Å². The van der Waals surface area contributed by atoms with Crippen LogP contribution in [0.1, 0.15) is 46.5 Å². The minimum absolute atomic E-state index is 0.0564. The Morgan fingerprint density at radius 1 is 1.42 bits per heavy atom. The molecule has 5 nitrogen and oxygen atoms in total. The van der Waals surface area contributed by atoms with E-state index in [1.165, 1.54) is 6.42 Å². The maximum absolute atomic E-state index is 11.8. The quantitative estimate of drug-likeness (QED) is 0.700. The third-order valence-electron chi connectivity index (χ3n) is 3.34. The molecule has 1 aliphatic rings. The molecule has 0 aliphatic carbocycles. The third-order valence-corrected chi connectivity index (χ3v) is 4.88. The molecule has 0 aromatic heterocycles. The maximum Gasteiger partial charge on any atom is 0.315 e. The van der Waals surface area contributed by atoms with Crippen molar-refractivity contribution in [2.75, 3.05) is 12.3 Å². The van der Waals surface area contributed by atoms with Gasteiger partial charge in [-0.25, -0.2) is 4.79 Å². The summed E-state index contributed by atoms with van der Waals surface area (Å²) in [5, 5.41) is 14.4. The zero-order valence-corrected chi connectivity index (χ0v) is 12.7. The number of rotatable bonds is 6. The fourth-order valence-corrected chi connectivity index (χ4v) is 3.32. The number of carboxylic acid groups (broad SMARTS) is 1. The molecule has 19 heavy (non-hydrogen) atoms. The molecular weight excluding hydrogens is 264 g/mol. The monoisotopic (exact) mass is 288 g/mol. The van der Waals surface area contributed by atoms with Crippen LogP contribution in [0.4, 0.5) is 4.79 Å². The molecule has 2 amide bonds. The van der Waals surface area contributed by atoms with E-state index in [0.717, 1.165) is 12.2 Å². The minimum atomic E-state index is -0.842. The molecule has 1 unspecified atom stereocenters. The summed E-state index contributed by atoms with van der Waals surface area (Å²) in [4.78, 5) is 22.4. The highest BCUT2D eigenvalue weighted by atomic mass is 32.2. The van der Waals surface area contributed by atoms with Crippen molar-refractivity contribution in [2.45, 2.75) is 56.7 Å². The van der Waals surface area contributed by atoms with Crippen molar-refractivity contribution in [3.63, 3.8) is 0 Å². The summed E-state index contributed by atoms with van der Waals surface area (Å²) in [6.07, 6.45) is 2.80. The van der Waals surface area contributed by atoms with Gasteiger partial charge in [-0.05, 0) is 45.8 Å². The van der Waals surface area contributed by atoms with Crippen LogP contribution in [0, 0.1) is 0 Å². The Balaban J connectivity index is 2.31. The van der Waals surface area contributed by atoms with Crippen molar-refractivity contribution >= 4 is 23.8 Å². The molecule has 1 aliphatic heterocycles. The van der Waals surface area contributed by atoms with Gasteiger partial charge in [0.05, 0.1) is 0 Å². The first-order valence-electron chi connectivity index (χ1n) is 6.64. The molecule has 1 heterocycles. The molecule has 0 spiro atoms. The van der Waals surface area contributed by atoms with Crippen LogP contribution in [-0.4, -0.2) is 39.7 Å². The highest BCUT2D eigenvalue weighted by Gasteiger charge is 2.30. The first-order chi connectivity index (χ1) is 8.72. The molecule has 1 rings (SSSR count). The summed E-state index contributed by atoms with van der Waals surface area (Å²) >= 11 is 1.90. The molecule has 0 saturated carbocycles. The molecule has 1 atom stereocenters. The summed E-state index contributed by atoms with van der Waals surface area (Å²) in [7, 11) is 0. The SMILES string of the molecule is CC(C)(CCC(=O)O)NC(=O)NCC1(C)CCCS1. The largest absolute Gasteiger partial charge is 0.481 e. The van der Waals surface area contributed by atoms with Gasteiger partial charge in [0.1, 0.15) is 0 Å². The van der Waals surface area contributed by atoms with E-state index in [0.29, 0.717) is 13.0 Å². The average Bonchev–Trinajstić information content (AvgIpc) is 2.71. The van der Waals surface area contributed by atoms with Crippen molar-refractivity contribution < 1.29 is 14.7 Å². The Labute approximate surface area is 118 Å². The van der Waals surface area contributed by atoms with E-state index >= 15 is 0 Å². The standard InChI is InChI=1S/C13H24N2O3S/c1-12(2,7-5-10(16)17)15-11(18)14-9-13(3)6-4-8-19-13/h4-9H2,1-3H3,(H,16,17)(H2,14,15,18). The second-order valence-corrected chi connectivity index (χ2v) is 7.67. The Morgan fingerprint density at radius 3 is 2.63 bits per heavy atom. The number of urea groups is 1. The number of carbonyl (C=O) groups is 2. The normalized spacial score (nSPS) is 23.1. The van der Waals surface area contributed by atoms with E-state index in [2.05, 4.69) is 17.6 Å². The number of amides is 2. The van der Waals surface area contributed by atoms with E-state index in [9.17, 15) is 9.59 Å². The van der Waals surface area contributed by atoms with Crippen LogP contribution in [0.5, 0.6) is 0 Å². The van der Waals surface area contributed by atoms with Crippen LogP contribution in [-0.2, 0) is 4.79 Å². The zero-order chi connectivity index (χ0) is 14.5. The van der Waals surface area contributed by atoms with Crippen molar-refractivity contribution in [3.05, 3.63) is 0 Å². The summed E-state index contributed by atoms with van der Waals surface area (Å²) in [6.45, 7) is 6.49. The van der Waals surface area contributed by atoms with Crippen LogP contribution >= 0.6 is 11.8 Å². The molecular formula is C13H24N2O3S. The van der Waals surface area contributed by atoms with Gasteiger partial charge < -0.3 is 15.7 Å². The summed E-state index contributed by atoms with van der Waals surface area (Å²) in [5.74, 6) is 0.314. The fraction of sp³-hybridized carbons (Fsp3) is 0.846. The Hall–Kier alpha value is -0.910. The number of aliphatic carboxylic acids is 1. The van der Waals surface area contributed by atoms with Crippen LogP contribution in [0.2, 0.25) is 0 Å². The number of carbonyl (C=O) groups excluding carboxylic acids is 1. The van der Waals surface area contributed by atoms with Gasteiger partial charge in [-0.1, -0.05) is 0 Å². The van der Waals surface area contributed by atoms with E-state index in [4.69, 9.17) is 5.11 Å². The smallest absolute Gasteiger partial charge is 0.315 e. The van der Waals surface area contributed by atoms with E-state index in [1.54, 1.807) is 0 Å². The van der Waals surface area contributed by atoms with Crippen molar-refractivity contribution in [1.29, 1.82) is 0 Å². The first-order valence-corrected chi connectivity index (χ1v) is 7.63. The Bertz CT molecular complexity index is 339. The lowest BCUT2D eigenvalue weighted by Gasteiger charge is -2.28. The number of hydrogen-bond acceptors (Lipinski definition) is 3. The van der Waals surface area contributed by atoms with Gasteiger partial charge in [-0.3, -0.25) is 4.79 Å². The molecule has 1 saturated heterocycles. The van der Waals surface area contributed by atoms with Crippen LogP contribution in [0.3, 0.4) is 0 Å². The molecule has 0 radical (unpaired) electrons. The van der Waals surface area contributed by atoms with Gasteiger partial charge in [-0.2, -0.15) is 11.8 Å². The van der Waals surface area contributed by atoms with Gasteiger partial charge in [0.15, 0.2) is 0 Å². The zero-order valence-electron chi connectivity index (χ0n) is 11.9. The van der Waals surface area contributed by atoms with Crippen LogP contribution in [0.15, 0.2) is 0 Å². The molecule has 1 fully saturated rings. The lowest BCUT2D eigenvalue weighted by Crippen LogP contribution is -2.50. The van der Waals surface area contributed by atoms with Crippen LogP contribution < -0.4 is 10.6 Å². The van der Waals surface area contributed by atoms with Crippen LogP contribution in [0.25, 0.3) is 0 Å². The van der Waals surface area contributed by atoms with Gasteiger partial charge in [0.2, 0.25) is 0 Å². The molecule has 0 aromatic carbocycles. The predicted molar refractivity (Wildman–Crippen MR) is 77.6 cm³/mol. The van der Waals surface area contributed by atoms with Crippen molar-refractivity contribution in [3.8, 4) is 0 Å². The van der Waals surface area contributed by atoms with Crippen molar-refractivity contribution in [1.82, 2.24) is 10.6 Å². The predicted octanol–water partition coefficient (Wildman–Crippen LogP) is 2.21. The maximum atomic E-state index is 11.8. The highest BCUT2D eigenvalue weighted by Crippen LogP contribution is 2.36. The minimum Gasteiger partial charge on any atom is -0.481 e. The number of hydrogen-bond donors (Lipinski definition) is 3. The average molecular weight is 288 g/mol. The Kier molecular flexibility index (Phi) is 5.52. The van der Waals surface area contributed by atoms with Gasteiger partial charge in [0, 0.05) is 23.3 Å². The molecule has 6 heteroatoms. The van der Waals surface area contributed by atoms with E-state index < -0.39 is 11.5 Å². The lowest BCUT2D eigenvalue weighted by atomic mass is 9.99. The van der Waals surface area contributed by atoms with Gasteiger partial charge in [0.25, 0.3) is 0 Å². The van der Waals surface area contributed by atoms with Gasteiger partial charge in [-0.15, -0.1) is 0 Å². The Morgan fingerprint density at radius 2 is 2.11 bits per heavy atom. The topological polar surface area (TPSA) is 78.4 Å².